The minimum Gasteiger partial charge on any atom is -0.476 e. The summed E-state index contributed by atoms with van der Waals surface area (Å²) in [6.07, 6.45) is 6.35. The number of nitrogens with zero attached hydrogens (tertiary/aromatic N) is 5. The van der Waals surface area contributed by atoms with Crippen molar-refractivity contribution in [2.75, 3.05) is 31.6 Å². The second-order valence-electron chi connectivity index (χ2n) is 10.3. The highest BCUT2D eigenvalue weighted by Gasteiger charge is 2.19. The zero-order chi connectivity index (χ0) is 33.9. The SMILES string of the molecule is CCc1cc(Nc2nccn3c(-c4ccc(OCC#N)c(F)c4Cl)cnc23)ccc1C(=O)NCCNC(=O)C(N)CCCN=C(N)N. The monoisotopic (exact) mass is 663 g/mol. The fourth-order valence-electron chi connectivity index (χ4n) is 4.72. The Bertz CT molecular complexity index is 1820. The molecule has 4 rings (SSSR count). The van der Waals surface area contributed by atoms with E-state index >= 15 is 0 Å². The normalized spacial score (nSPS) is 11.4. The van der Waals surface area contributed by atoms with E-state index in [1.165, 1.54) is 6.07 Å². The van der Waals surface area contributed by atoms with Crippen LogP contribution in [0.3, 0.4) is 0 Å². The van der Waals surface area contributed by atoms with E-state index < -0.39 is 11.9 Å². The van der Waals surface area contributed by atoms with E-state index in [1.807, 2.05) is 13.0 Å². The van der Waals surface area contributed by atoms with Gasteiger partial charge in [0.15, 0.2) is 35.6 Å². The van der Waals surface area contributed by atoms with Crippen LogP contribution in [0.2, 0.25) is 5.02 Å². The Morgan fingerprint density at radius 3 is 2.72 bits per heavy atom. The van der Waals surface area contributed by atoms with Gasteiger partial charge in [0.25, 0.3) is 5.91 Å². The number of aromatic nitrogens is 3. The van der Waals surface area contributed by atoms with E-state index in [0.717, 1.165) is 5.56 Å². The second-order valence-corrected chi connectivity index (χ2v) is 10.6. The van der Waals surface area contributed by atoms with E-state index in [0.29, 0.717) is 59.8 Å². The van der Waals surface area contributed by atoms with E-state index in [9.17, 15) is 14.0 Å². The maximum absolute atomic E-state index is 14.8. The second kappa shape index (κ2) is 16.2. The first-order chi connectivity index (χ1) is 22.6. The van der Waals surface area contributed by atoms with Crippen molar-refractivity contribution >= 4 is 46.5 Å². The van der Waals surface area contributed by atoms with Gasteiger partial charge in [-0.15, -0.1) is 0 Å². The van der Waals surface area contributed by atoms with Crippen LogP contribution in [0.15, 0.2) is 53.9 Å². The van der Waals surface area contributed by atoms with Crippen LogP contribution in [0, 0.1) is 17.1 Å². The molecule has 16 heteroatoms. The largest absolute Gasteiger partial charge is 0.476 e. The van der Waals surface area contributed by atoms with E-state index in [4.69, 9.17) is 38.8 Å². The number of ether oxygens (including phenoxy) is 1. The van der Waals surface area contributed by atoms with Gasteiger partial charge in [-0.3, -0.25) is 19.0 Å². The number of guanidine groups is 1. The minimum atomic E-state index is -0.778. The average molecular weight is 664 g/mol. The van der Waals surface area contributed by atoms with Crippen LogP contribution >= 0.6 is 11.6 Å². The van der Waals surface area contributed by atoms with Crippen LogP contribution in [0.5, 0.6) is 5.75 Å². The molecule has 47 heavy (non-hydrogen) atoms. The predicted octanol–water partition coefficient (Wildman–Crippen LogP) is 2.62. The molecule has 2 aromatic heterocycles. The molecule has 0 spiro atoms. The molecule has 0 radical (unpaired) electrons. The maximum Gasteiger partial charge on any atom is 0.251 e. The number of carbonyl (C=O) groups is 2. The summed E-state index contributed by atoms with van der Waals surface area (Å²) in [5, 5.41) is 17.3. The van der Waals surface area contributed by atoms with Crippen molar-refractivity contribution in [2.45, 2.75) is 32.2 Å². The molecule has 0 aliphatic carbocycles. The molecule has 14 nitrogen and oxygen atoms in total. The van der Waals surface area contributed by atoms with Gasteiger partial charge in [0.05, 0.1) is 23.0 Å². The minimum absolute atomic E-state index is 0.00976. The van der Waals surface area contributed by atoms with Crippen LogP contribution in [0.4, 0.5) is 15.9 Å². The van der Waals surface area contributed by atoms with Gasteiger partial charge in [0, 0.05) is 48.8 Å². The number of hydrogen-bond acceptors (Lipinski definition) is 9. The maximum atomic E-state index is 14.8. The molecule has 2 aromatic carbocycles. The fourth-order valence-corrected chi connectivity index (χ4v) is 4.97. The Labute approximate surface area is 275 Å². The summed E-state index contributed by atoms with van der Waals surface area (Å²) in [4.78, 5) is 37.9. The number of carbonyl (C=O) groups excluding carboxylic acids is 2. The fraction of sp³-hybridized carbons (Fsp3) is 0.290. The molecule has 0 aliphatic rings. The summed E-state index contributed by atoms with van der Waals surface area (Å²) < 4.78 is 21.7. The predicted molar refractivity (Wildman–Crippen MR) is 177 cm³/mol. The average Bonchev–Trinajstić information content (AvgIpc) is 3.50. The number of nitriles is 1. The zero-order valence-corrected chi connectivity index (χ0v) is 26.4. The Kier molecular flexibility index (Phi) is 11.9. The lowest BCUT2D eigenvalue weighted by Gasteiger charge is -2.14. The van der Waals surface area contributed by atoms with Crippen molar-refractivity contribution in [1.82, 2.24) is 25.0 Å². The van der Waals surface area contributed by atoms with Crippen LogP contribution in [-0.4, -0.2) is 64.4 Å². The number of imidazole rings is 1. The van der Waals surface area contributed by atoms with E-state index in [-0.39, 0.29) is 48.2 Å². The van der Waals surface area contributed by atoms with E-state index in [1.54, 1.807) is 47.3 Å². The van der Waals surface area contributed by atoms with Crippen molar-refractivity contribution in [1.29, 1.82) is 5.26 Å². The Hall–Kier alpha value is -5.46. The van der Waals surface area contributed by atoms with Crippen molar-refractivity contribution < 1.29 is 18.7 Å². The molecule has 246 valence electrons. The molecule has 2 heterocycles. The van der Waals surface area contributed by atoms with Crippen molar-refractivity contribution in [3.05, 3.63) is 70.9 Å². The quantitative estimate of drug-likeness (QED) is 0.0619. The highest BCUT2D eigenvalue weighted by atomic mass is 35.5. The summed E-state index contributed by atoms with van der Waals surface area (Å²) in [7, 11) is 0. The van der Waals surface area contributed by atoms with Gasteiger partial charge in [-0.25, -0.2) is 14.4 Å². The highest BCUT2D eigenvalue weighted by Crippen LogP contribution is 2.36. The molecule has 4 aromatic rings. The number of nitrogens with one attached hydrogen (secondary N) is 3. The lowest BCUT2D eigenvalue weighted by atomic mass is 10.0. The van der Waals surface area contributed by atoms with Gasteiger partial charge in [0.2, 0.25) is 5.91 Å². The number of rotatable bonds is 15. The third kappa shape index (κ3) is 8.63. The molecule has 0 saturated carbocycles. The number of halogens is 2. The number of anilines is 2. The molecule has 0 aliphatic heterocycles. The third-order valence-corrected chi connectivity index (χ3v) is 7.42. The van der Waals surface area contributed by atoms with Gasteiger partial charge in [-0.05, 0) is 55.2 Å². The molecule has 0 saturated heterocycles. The Balaban J connectivity index is 1.39. The van der Waals surface area contributed by atoms with Gasteiger partial charge >= 0.3 is 0 Å². The third-order valence-electron chi connectivity index (χ3n) is 7.05. The molecule has 9 N–H and O–H groups in total. The van der Waals surface area contributed by atoms with Crippen molar-refractivity contribution in [3.8, 4) is 23.1 Å². The van der Waals surface area contributed by atoms with Crippen LogP contribution < -0.4 is 37.9 Å². The van der Waals surface area contributed by atoms with Crippen LogP contribution in [0.1, 0.15) is 35.7 Å². The van der Waals surface area contributed by atoms with Gasteiger partial charge in [-0.2, -0.15) is 5.26 Å². The topological polar surface area (TPSA) is 224 Å². The summed E-state index contributed by atoms with van der Waals surface area (Å²) in [5.41, 5.74) is 19.8. The first-order valence-electron chi connectivity index (χ1n) is 14.7. The standard InChI is InChI=1S/C31H35ClFN11O3/c1-2-18-16-19(5-6-20(18)29(45)39-11-12-40-30(46)22(35)4-3-10-41-31(36)37)43-27-28-42-17-23(44(28)14-13-38-27)21-7-8-24(47-15-9-34)26(33)25(21)32/h5-8,13-14,16-17,22H,2-4,10-12,15,35H2,1H3,(H,38,43)(H,39,45)(H,40,46)(H4,36,37,41). The first kappa shape index (κ1) is 34.4. The smallest absolute Gasteiger partial charge is 0.251 e. The van der Waals surface area contributed by atoms with Gasteiger partial charge in [0.1, 0.15) is 6.07 Å². The zero-order valence-electron chi connectivity index (χ0n) is 25.6. The lowest BCUT2D eigenvalue weighted by molar-refractivity contribution is -0.122. The summed E-state index contributed by atoms with van der Waals surface area (Å²) in [5.74, 6) is -1.09. The number of nitrogens with two attached hydrogens (primary N) is 3. The highest BCUT2D eigenvalue weighted by molar-refractivity contribution is 6.33. The van der Waals surface area contributed by atoms with Crippen molar-refractivity contribution in [2.24, 2.45) is 22.2 Å². The first-order valence-corrected chi connectivity index (χ1v) is 15.1. The van der Waals surface area contributed by atoms with Gasteiger partial charge < -0.3 is 37.9 Å². The number of hydrogen-bond donors (Lipinski definition) is 6. The molecule has 1 unspecified atom stereocenters. The summed E-state index contributed by atoms with van der Waals surface area (Å²) >= 11 is 6.33. The number of aryl methyl sites for hydroxylation is 1. The Morgan fingerprint density at radius 1 is 1.19 bits per heavy atom. The number of fused-ring (bicyclic) bond motifs is 1. The number of aliphatic imine (C=N–C) groups is 1. The lowest BCUT2D eigenvalue weighted by Crippen LogP contribution is -2.43. The van der Waals surface area contributed by atoms with Crippen LogP contribution in [0.25, 0.3) is 16.9 Å². The van der Waals surface area contributed by atoms with Crippen molar-refractivity contribution in [3.63, 3.8) is 0 Å². The molecule has 0 bridgehead atoms. The molecule has 0 fully saturated rings. The number of amides is 2. The molecule has 2 amide bonds. The summed E-state index contributed by atoms with van der Waals surface area (Å²) in [6, 6.07) is 9.39. The summed E-state index contributed by atoms with van der Waals surface area (Å²) in [6.45, 7) is 2.44. The number of benzene rings is 2. The molecule has 1 atom stereocenters. The van der Waals surface area contributed by atoms with E-state index in [2.05, 4.69) is 30.9 Å². The molecular formula is C31H35ClFN11O3. The van der Waals surface area contributed by atoms with Crippen LogP contribution in [-0.2, 0) is 11.2 Å². The molecular weight excluding hydrogens is 629 g/mol. The van der Waals surface area contributed by atoms with Gasteiger partial charge in [-0.1, -0.05) is 18.5 Å². The Morgan fingerprint density at radius 2 is 1.98 bits per heavy atom.